The number of hydrogen-bond acceptors (Lipinski definition) is 4. The largest absolute Gasteiger partial charge is 0.465 e. The normalized spacial score (nSPS) is 18.1. The number of fused-ring (bicyclic) bond motifs is 1. The van der Waals surface area contributed by atoms with Crippen molar-refractivity contribution in [3.05, 3.63) is 64.1 Å². The number of carbonyl (C=O) groups is 2. The number of rotatable bonds is 6. The first-order valence-electron chi connectivity index (χ1n) is 11.3. The third-order valence-electron chi connectivity index (χ3n) is 6.41. The van der Waals surface area contributed by atoms with Gasteiger partial charge in [-0.2, -0.15) is 0 Å². The highest BCUT2D eigenvalue weighted by atomic mass is 16.4. The Morgan fingerprint density at radius 3 is 2.36 bits per heavy atom. The number of amides is 2. The van der Waals surface area contributed by atoms with Crippen LogP contribution in [0.15, 0.2) is 47.3 Å². The van der Waals surface area contributed by atoms with E-state index < -0.39 is 6.09 Å². The number of carboxylic acid groups (broad SMARTS) is 1. The van der Waals surface area contributed by atoms with Crippen molar-refractivity contribution < 1.29 is 14.7 Å². The van der Waals surface area contributed by atoms with Crippen molar-refractivity contribution in [1.29, 1.82) is 0 Å². The highest BCUT2D eigenvalue weighted by Crippen LogP contribution is 2.29. The minimum atomic E-state index is -0.981. The monoisotopic (exact) mass is 448 g/mol. The van der Waals surface area contributed by atoms with E-state index in [4.69, 9.17) is 10.1 Å². The molecule has 172 valence electrons. The Morgan fingerprint density at radius 2 is 1.70 bits per heavy atom. The van der Waals surface area contributed by atoms with Crippen LogP contribution >= 0.6 is 0 Å². The van der Waals surface area contributed by atoms with Crippen molar-refractivity contribution in [2.75, 3.05) is 13.1 Å². The van der Waals surface area contributed by atoms with Crippen molar-refractivity contribution in [2.45, 2.75) is 32.6 Å². The number of para-hydroxylation sites is 1. The fourth-order valence-electron chi connectivity index (χ4n) is 4.56. The van der Waals surface area contributed by atoms with Gasteiger partial charge in [-0.15, -0.1) is 0 Å². The Labute approximate surface area is 191 Å². The van der Waals surface area contributed by atoms with Gasteiger partial charge in [0.1, 0.15) is 0 Å². The summed E-state index contributed by atoms with van der Waals surface area (Å²) in [5.41, 5.74) is 3.22. The average molecular weight is 449 g/mol. The van der Waals surface area contributed by atoms with Gasteiger partial charge in [0.2, 0.25) is 5.56 Å². The van der Waals surface area contributed by atoms with Crippen LogP contribution in [0.3, 0.4) is 0 Å². The highest BCUT2D eigenvalue weighted by Gasteiger charge is 2.23. The smallest absolute Gasteiger partial charge is 0.404 e. The number of H-pyrrole nitrogens is 1. The van der Waals surface area contributed by atoms with Crippen LogP contribution in [0.2, 0.25) is 0 Å². The first kappa shape index (κ1) is 22.5. The van der Waals surface area contributed by atoms with Gasteiger partial charge in [-0.05, 0) is 62.6 Å². The van der Waals surface area contributed by atoms with Crippen molar-refractivity contribution in [3.63, 3.8) is 0 Å². The summed E-state index contributed by atoms with van der Waals surface area (Å²) in [7, 11) is 0. The predicted octanol–water partition coefficient (Wildman–Crippen LogP) is 3.70. The van der Waals surface area contributed by atoms with Crippen LogP contribution in [-0.2, 0) is 0 Å². The van der Waals surface area contributed by atoms with Gasteiger partial charge in [0.15, 0.2) is 0 Å². The maximum Gasteiger partial charge on any atom is 0.404 e. The molecule has 1 aliphatic rings. The summed E-state index contributed by atoms with van der Waals surface area (Å²) in [6.45, 7) is 2.89. The Kier molecular flexibility index (Phi) is 6.72. The number of aromatic nitrogens is 2. The summed E-state index contributed by atoms with van der Waals surface area (Å²) < 4.78 is 0. The molecule has 1 aromatic carbocycles. The van der Waals surface area contributed by atoms with E-state index in [2.05, 4.69) is 15.6 Å². The molecule has 4 rings (SSSR count). The van der Waals surface area contributed by atoms with Crippen molar-refractivity contribution in [1.82, 2.24) is 20.6 Å². The molecule has 0 saturated heterocycles. The molecule has 33 heavy (non-hydrogen) atoms. The van der Waals surface area contributed by atoms with Crippen molar-refractivity contribution >= 4 is 22.9 Å². The molecule has 0 spiro atoms. The molecule has 8 heteroatoms. The zero-order valence-corrected chi connectivity index (χ0v) is 18.6. The number of nitrogens with zero attached hydrogens (tertiary/aromatic N) is 1. The second kappa shape index (κ2) is 9.85. The fourth-order valence-corrected chi connectivity index (χ4v) is 4.56. The lowest BCUT2D eigenvalue weighted by atomic mass is 9.82. The zero-order chi connectivity index (χ0) is 23.4. The molecule has 0 bridgehead atoms. The highest BCUT2D eigenvalue weighted by molar-refractivity contribution is 6.07. The van der Waals surface area contributed by atoms with Crippen LogP contribution in [0.4, 0.5) is 4.79 Å². The van der Waals surface area contributed by atoms with Gasteiger partial charge in [0.05, 0.1) is 16.8 Å². The van der Waals surface area contributed by atoms with Gasteiger partial charge in [0.25, 0.3) is 5.91 Å². The number of pyridine rings is 2. The number of benzene rings is 1. The molecule has 2 heterocycles. The lowest BCUT2D eigenvalue weighted by molar-refractivity contribution is 0.0942. The number of nitrogens with one attached hydrogen (secondary N) is 3. The topological polar surface area (TPSA) is 124 Å². The van der Waals surface area contributed by atoms with Crippen molar-refractivity contribution in [2.24, 2.45) is 11.8 Å². The molecule has 0 aliphatic heterocycles. The van der Waals surface area contributed by atoms with E-state index in [9.17, 15) is 14.4 Å². The average Bonchev–Trinajstić information content (AvgIpc) is 2.81. The molecule has 3 aromatic rings. The summed E-state index contributed by atoms with van der Waals surface area (Å²) in [6, 6.07) is 12.5. The van der Waals surface area contributed by atoms with Crippen LogP contribution in [0.5, 0.6) is 0 Å². The Hall–Kier alpha value is -3.68. The van der Waals surface area contributed by atoms with E-state index in [1.165, 1.54) is 6.07 Å². The molecule has 8 nitrogen and oxygen atoms in total. The van der Waals surface area contributed by atoms with Crippen LogP contribution in [0.25, 0.3) is 22.2 Å². The standard InChI is InChI=1S/C25H28N4O4/c1-15-18(10-11-23(30)28-15)22-12-20(19-4-2-3-5-21(19)29-22)24(31)26-13-16-6-8-17(9-7-16)14-27-25(32)33/h2-5,10-12,16-17,27H,6-9,13-14H2,1H3,(H,26,31)(H,28,30)(H,32,33). The van der Waals surface area contributed by atoms with Gasteiger partial charge in [-0.25, -0.2) is 9.78 Å². The maximum absolute atomic E-state index is 13.2. The molecule has 4 N–H and O–H groups in total. The third kappa shape index (κ3) is 5.39. The summed E-state index contributed by atoms with van der Waals surface area (Å²) in [5, 5.41) is 15.1. The molecular weight excluding hydrogens is 420 g/mol. The Bertz CT molecular complexity index is 1230. The Balaban J connectivity index is 1.49. The van der Waals surface area contributed by atoms with Crippen LogP contribution in [0.1, 0.15) is 41.7 Å². The summed E-state index contributed by atoms with van der Waals surface area (Å²) in [5.74, 6) is 0.593. The second-order valence-electron chi connectivity index (χ2n) is 8.72. The van der Waals surface area contributed by atoms with E-state index in [1.807, 2.05) is 31.2 Å². The van der Waals surface area contributed by atoms with E-state index in [-0.39, 0.29) is 11.5 Å². The fraction of sp³-hybridized carbons (Fsp3) is 0.360. The minimum absolute atomic E-state index is 0.147. The number of aromatic amines is 1. The SMILES string of the molecule is Cc1[nH]c(=O)ccc1-c1cc(C(=O)NCC2CCC(CNC(=O)O)CC2)c2ccccc2n1. The second-order valence-corrected chi connectivity index (χ2v) is 8.72. The first-order chi connectivity index (χ1) is 15.9. The molecule has 2 amide bonds. The summed E-state index contributed by atoms with van der Waals surface area (Å²) >= 11 is 0. The van der Waals surface area contributed by atoms with Crippen LogP contribution in [0, 0.1) is 18.8 Å². The molecule has 0 radical (unpaired) electrons. The molecular formula is C25H28N4O4. The molecule has 1 saturated carbocycles. The van der Waals surface area contributed by atoms with Crippen LogP contribution < -0.4 is 16.2 Å². The third-order valence-corrected chi connectivity index (χ3v) is 6.41. The van der Waals surface area contributed by atoms with Gasteiger partial charge in [-0.3, -0.25) is 9.59 Å². The molecule has 2 aromatic heterocycles. The number of aryl methyl sites for hydroxylation is 1. The molecule has 0 atom stereocenters. The van der Waals surface area contributed by atoms with Crippen molar-refractivity contribution in [3.8, 4) is 11.3 Å². The van der Waals surface area contributed by atoms with Gasteiger partial charge in [-0.1, -0.05) is 18.2 Å². The Morgan fingerprint density at radius 1 is 1.03 bits per heavy atom. The van der Waals surface area contributed by atoms with E-state index in [0.29, 0.717) is 41.9 Å². The van der Waals surface area contributed by atoms with Crippen LogP contribution in [-0.4, -0.2) is 40.2 Å². The molecule has 1 fully saturated rings. The zero-order valence-electron chi connectivity index (χ0n) is 18.6. The quantitative estimate of drug-likeness (QED) is 0.458. The lowest BCUT2D eigenvalue weighted by Gasteiger charge is -2.28. The molecule has 1 aliphatic carbocycles. The lowest BCUT2D eigenvalue weighted by Crippen LogP contribution is -2.34. The molecule has 0 unspecified atom stereocenters. The number of carbonyl (C=O) groups excluding carboxylic acids is 1. The van der Waals surface area contributed by atoms with Gasteiger partial charge >= 0.3 is 6.09 Å². The van der Waals surface area contributed by atoms with E-state index in [0.717, 1.165) is 42.1 Å². The minimum Gasteiger partial charge on any atom is -0.465 e. The first-order valence-corrected chi connectivity index (χ1v) is 11.3. The summed E-state index contributed by atoms with van der Waals surface area (Å²) in [4.78, 5) is 43.0. The van der Waals surface area contributed by atoms with E-state index in [1.54, 1.807) is 12.1 Å². The van der Waals surface area contributed by atoms with Gasteiger partial charge in [0, 0.05) is 35.8 Å². The maximum atomic E-state index is 13.2. The number of hydrogen-bond donors (Lipinski definition) is 4. The summed E-state index contributed by atoms with van der Waals surface area (Å²) in [6.07, 6.45) is 2.85. The van der Waals surface area contributed by atoms with E-state index >= 15 is 0 Å². The van der Waals surface area contributed by atoms with Gasteiger partial charge < -0.3 is 20.7 Å². The predicted molar refractivity (Wildman–Crippen MR) is 126 cm³/mol.